The molecule has 6 heteroatoms. The van der Waals surface area contributed by atoms with Crippen LogP contribution in [-0.2, 0) is 6.61 Å². The fourth-order valence-electron chi connectivity index (χ4n) is 1.56. The highest BCUT2D eigenvalue weighted by Gasteiger charge is 2.11. The van der Waals surface area contributed by atoms with Gasteiger partial charge in [-0.2, -0.15) is 0 Å². The largest absolute Gasteiger partial charge is 0.488 e. The molecule has 0 saturated carbocycles. The van der Waals surface area contributed by atoms with Crippen LogP contribution in [0.4, 0.5) is 8.78 Å². The molecule has 0 aromatic heterocycles. The highest BCUT2D eigenvalue weighted by molar-refractivity contribution is 6.58. The summed E-state index contributed by atoms with van der Waals surface area (Å²) in [4.78, 5) is 0. The summed E-state index contributed by atoms with van der Waals surface area (Å²) < 4.78 is 31.7. The van der Waals surface area contributed by atoms with Crippen LogP contribution >= 0.6 is 0 Å². The predicted molar refractivity (Wildman–Crippen MR) is 67.0 cm³/mol. The van der Waals surface area contributed by atoms with Crippen LogP contribution in [0.2, 0.25) is 0 Å². The average molecular weight is 264 g/mol. The maximum atomic E-state index is 13.3. The molecule has 0 heterocycles. The molecular weight excluding hydrogens is 253 g/mol. The van der Waals surface area contributed by atoms with Crippen molar-refractivity contribution in [1.29, 1.82) is 0 Å². The third-order valence-electron chi connectivity index (χ3n) is 2.58. The van der Waals surface area contributed by atoms with Gasteiger partial charge in [-0.25, -0.2) is 8.78 Å². The fraction of sp³-hybridized carbons (Fsp3) is 0.0769. The summed E-state index contributed by atoms with van der Waals surface area (Å²) >= 11 is 0. The van der Waals surface area contributed by atoms with Crippen molar-refractivity contribution in [2.24, 2.45) is 0 Å². The maximum absolute atomic E-state index is 13.3. The molecule has 3 nitrogen and oxygen atoms in total. The molecule has 98 valence electrons. The summed E-state index contributed by atoms with van der Waals surface area (Å²) in [5.74, 6) is -1.95. The Morgan fingerprint density at radius 2 is 1.53 bits per heavy atom. The molecule has 0 atom stereocenters. The topological polar surface area (TPSA) is 49.7 Å². The number of hydrogen-bond acceptors (Lipinski definition) is 3. The molecule has 19 heavy (non-hydrogen) atoms. The van der Waals surface area contributed by atoms with Crippen molar-refractivity contribution in [3.05, 3.63) is 59.7 Å². The predicted octanol–water partition coefficient (Wildman–Crippen LogP) is 1.22. The van der Waals surface area contributed by atoms with E-state index >= 15 is 0 Å². The lowest BCUT2D eigenvalue weighted by atomic mass is 9.80. The zero-order valence-electron chi connectivity index (χ0n) is 9.88. The number of ether oxygens (including phenoxy) is 1. The summed E-state index contributed by atoms with van der Waals surface area (Å²) in [5.41, 5.74) is 0.993. The summed E-state index contributed by atoms with van der Waals surface area (Å²) in [7, 11) is -1.54. The maximum Gasteiger partial charge on any atom is 0.488 e. The Balaban J connectivity index is 2.06. The van der Waals surface area contributed by atoms with Crippen LogP contribution in [0.3, 0.4) is 0 Å². The van der Waals surface area contributed by atoms with E-state index in [-0.39, 0.29) is 6.61 Å². The molecule has 0 aliphatic carbocycles. The van der Waals surface area contributed by atoms with E-state index in [9.17, 15) is 8.78 Å². The van der Waals surface area contributed by atoms with Crippen molar-refractivity contribution in [2.75, 3.05) is 0 Å². The highest BCUT2D eigenvalue weighted by atomic mass is 19.1. The molecule has 0 fully saturated rings. The fourth-order valence-corrected chi connectivity index (χ4v) is 1.56. The highest BCUT2D eigenvalue weighted by Crippen LogP contribution is 2.21. The minimum absolute atomic E-state index is 0.0142. The first kappa shape index (κ1) is 13.5. The molecule has 0 bridgehead atoms. The molecule has 0 aliphatic heterocycles. The van der Waals surface area contributed by atoms with Gasteiger partial charge in [0.2, 0.25) is 0 Å². The van der Waals surface area contributed by atoms with Gasteiger partial charge in [0, 0.05) is 0 Å². The second-order valence-electron chi connectivity index (χ2n) is 3.95. The molecule has 0 aliphatic rings. The van der Waals surface area contributed by atoms with Crippen LogP contribution < -0.4 is 10.2 Å². The third kappa shape index (κ3) is 3.30. The smallest absolute Gasteiger partial charge is 0.483 e. The van der Waals surface area contributed by atoms with Crippen molar-refractivity contribution in [1.82, 2.24) is 0 Å². The Bertz CT molecular complexity index is 538. The Hall–Kier alpha value is -1.92. The summed E-state index contributed by atoms with van der Waals surface area (Å²) in [6, 6.07) is 9.67. The number of hydrogen-bond donors (Lipinski definition) is 2. The van der Waals surface area contributed by atoms with Crippen molar-refractivity contribution in [2.45, 2.75) is 6.61 Å². The first-order chi connectivity index (χ1) is 9.08. The first-order valence-electron chi connectivity index (χ1n) is 5.59. The van der Waals surface area contributed by atoms with E-state index in [0.717, 1.165) is 12.1 Å². The molecule has 2 N–H and O–H groups in total. The number of halogens is 2. The minimum Gasteiger partial charge on any atom is -0.483 e. The van der Waals surface area contributed by atoms with Gasteiger partial charge in [-0.1, -0.05) is 30.3 Å². The van der Waals surface area contributed by atoms with Gasteiger partial charge in [0.1, 0.15) is 6.61 Å². The lowest BCUT2D eigenvalue weighted by Gasteiger charge is -2.08. The van der Waals surface area contributed by atoms with Gasteiger partial charge in [-0.15, -0.1) is 0 Å². The molecule has 0 amide bonds. The summed E-state index contributed by atoms with van der Waals surface area (Å²) in [6.07, 6.45) is 0. The zero-order chi connectivity index (χ0) is 13.8. The first-order valence-corrected chi connectivity index (χ1v) is 5.59. The van der Waals surface area contributed by atoms with Crippen LogP contribution in [0.1, 0.15) is 5.56 Å². The van der Waals surface area contributed by atoms with Crippen LogP contribution in [0.15, 0.2) is 42.5 Å². The van der Waals surface area contributed by atoms with Gasteiger partial charge in [-0.3, -0.25) is 0 Å². The van der Waals surface area contributed by atoms with E-state index in [1.165, 1.54) is 18.2 Å². The molecule has 0 radical (unpaired) electrons. The van der Waals surface area contributed by atoms with Crippen LogP contribution in [0, 0.1) is 11.6 Å². The van der Waals surface area contributed by atoms with E-state index in [0.29, 0.717) is 11.0 Å². The quantitative estimate of drug-likeness (QED) is 0.816. The Morgan fingerprint density at radius 1 is 0.947 bits per heavy atom. The molecule has 0 unspecified atom stereocenters. The van der Waals surface area contributed by atoms with Gasteiger partial charge in [0.25, 0.3) is 0 Å². The lowest BCUT2D eigenvalue weighted by molar-refractivity contribution is 0.274. The SMILES string of the molecule is OB(O)c1ccc(COc2c(F)cccc2F)cc1. The monoisotopic (exact) mass is 264 g/mol. The molecule has 2 aromatic carbocycles. The second kappa shape index (κ2) is 5.82. The number of benzene rings is 2. The van der Waals surface area contributed by atoms with E-state index in [2.05, 4.69) is 0 Å². The second-order valence-corrected chi connectivity index (χ2v) is 3.95. The van der Waals surface area contributed by atoms with Gasteiger partial charge >= 0.3 is 7.12 Å². The van der Waals surface area contributed by atoms with Crippen LogP contribution in [0.5, 0.6) is 5.75 Å². The normalized spacial score (nSPS) is 10.3. The van der Waals surface area contributed by atoms with Gasteiger partial charge in [0.15, 0.2) is 17.4 Å². The van der Waals surface area contributed by atoms with E-state index in [1.807, 2.05) is 0 Å². The van der Waals surface area contributed by atoms with Crippen molar-refractivity contribution in [3.63, 3.8) is 0 Å². The van der Waals surface area contributed by atoms with Crippen molar-refractivity contribution >= 4 is 12.6 Å². The third-order valence-corrected chi connectivity index (χ3v) is 2.58. The Kier molecular flexibility index (Phi) is 4.14. The molecule has 2 rings (SSSR count). The van der Waals surface area contributed by atoms with E-state index in [4.69, 9.17) is 14.8 Å². The number of rotatable bonds is 4. The number of para-hydroxylation sites is 1. The van der Waals surface area contributed by atoms with Crippen molar-refractivity contribution in [3.8, 4) is 5.75 Å². The molecular formula is C13H11BF2O3. The minimum atomic E-state index is -1.54. The Labute approximate surface area is 109 Å². The average Bonchev–Trinajstić information content (AvgIpc) is 2.38. The molecule has 0 spiro atoms. The van der Waals surface area contributed by atoms with E-state index in [1.54, 1.807) is 12.1 Å². The van der Waals surface area contributed by atoms with E-state index < -0.39 is 24.5 Å². The molecule has 2 aromatic rings. The van der Waals surface area contributed by atoms with Gasteiger partial charge in [-0.05, 0) is 23.2 Å². The Morgan fingerprint density at radius 3 is 2.05 bits per heavy atom. The zero-order valence-corrected chi connectivity index (χ0v) is 9.88. The van der Waals surface area contributed by atoms with Gasteiger partial charge < -0.3 is 14.8 Å². The standard InChI is InChI=1S/C13H11BF2O3/c15-11-2-1-3-12(16)13(11)19-8-9-4-6-10(7-5-9)14(17)18/h1-7,17-18H,8H2. The van der Waals surface area contributed by atoms with Gasteiger partial charge in [0.05, 0.1) is 0 Å². The summed E-state index contributed by atoms with van der Waals surface area (Å²) in [5, 5.41) is 17.8. The van der Waals surface area contributed by atoms with Crippen molar-refractivity contribution < 1.29 is 23.6 Å². The summed E-state index contributed by atoms with van der Waals surface area (Å²) in [6.45, 7) is -0.0142. The van der Waals surface area contributed by atoms with Crippen LogP contribution in [0.25, 0.3) is 0 Å². The lowest BCUT2D eigenvalue weighted by Crippen LogP contribution is -2.29. The van der Waals surface area contributed by atoms with Crippen LogP contribution in [-0.4, -0.2) is 17.2 Å². The molecule has 0 saturated heterocycles.